The zero-order valence-electron chi connectivity index (χ0n) is 12.6. The van der Waals surface area contributed by atoms with Crippen LogP contribution >= 0.6 is 12.2 Å². The van der Waals surface area contributed by atoms with Crippen LogP contribution in [0.5, 0.6) is 5.75 Å². The van der Waals surface area contributed by atoms with Crippen molar-refractivity contribution in [3.05, 3.63) is 59.9 Å². The van der Waals surface area contributed by atoms with Crippen LogP contribution in [0.15, 0.2) is 48.5 Å². The van der Waals surface area contributed by atoms with Crippen molar-refractivity contribution in [1.82, 2.24) is 5.32 Å². The van der Waals surface area contributed by atoms with Gasteiger partial charge >= 0.3 is 0 Å². The van der Waals surface area contributed by atoms with E-state index < -0.39 is 0 Å². The summed E-state index contributed by atoms with van der Waals surface area (Å²) < 4.78 is 18.6. The van der Waals surface area contributed by atoms with Gasteiger partial charge in [0, 0.05) is 5.69 Å². The number of benzene rings is 2. The van der Waals surface area contributed by atoms with Crippen LogP contribution in [0.2, 0.25) is 0 Å². The Bertz CT molecular complexity index is 631. The summed E-state index contributed by atoms with van der Waals surface area (Å²) in [5.74, 6) is 0.595. The molecule has 0 aliphatic rings. The molecule has 0 spiro atoms. The molecule has 5 heteroatoms. The van der Waals surface area contributed by atoms with E-state index in [2.05, 4.69) is 10.6 Å². The molecule has 0 unspecified atom stereocenters. The average molecular weight is 318 g/mol. The van der Waals surface area contributed by atoms with Crippen LogP contribution in [0, 0.1) is 12.7 Å². The number of hydrogen-bond acceptors (Lipinski definition) is 2. The van der Waals surface area contributed by atoms with Crippen LogP contribution in [-0.4, -0.2) is 17.8 Å². The minimum absolute atomic E-state index is 0.0417. The predicted molar refractivity (Wildman–Crippen MR) is 91.9 cm³/mol. The minimum atomic E-state index is -0.274. The first-order valence-corrected chi connectivity index (χ1v) is 7.47. The van der Waals surface area contributed by atoms with Gasteiger partial charge in [0.1, 0.15) is 18.2 Å². The van der Waals surface area contributed by atoms with Crippen molar-refractivity contribution in [1.29, 1.82) is 0 Å². The summed E-state index contributed by atoms with van der Waals surface area (Å²) in [7, 11) is 0. The van der Waals surface area contributed by atoms with E-state index in [1.807, 2.05) is 38.1 Å². The number of ether oxygens (including phenoxy) is 1. The first kappa shape index (κ1) is 16.2. The second-order valence-electron chi connectivity index (χ2n) is 5.08. The van der Waals surface area contributed by atoms with Crippen LogP contribution in [0.3, 0.4) is 0 Å². The number of aryl methyl sites for hydroxylation is 1. The fraction of sp³-hybridized carbons (Fsp3) is 0.235. The van der Waals surface area contributed by atoms with Crippen molar-refractivity contribution in [2.24, 2.45) is 0 Å². The van der Waals surface area contributed by atoms with E-state index in [0.717, 1.165) is 17.0 Å². The van der Waals surface area contributed by atoms with Crippen molar-refractivity contribution >= 4 is 23.0 Å². The van der Waals surface area contributed by atoms with E-state index >= 15 is 0 Å². The molecule has 2 rings (SSSR count). The average Bonchev–Trinajstić information content (AvgIpc) is 2.49. The third-order valence-electron chi connectivity index (χ3n) is 3.06. The Morgan fingerprint density at radius 3 is 2.55 bits per heavy atom. The summed E-state index contributed by atoms with van der Waals surface area (Å²) in [5, 5.41) is 6.62. The predicted octanol–water partition coefficient (Wildman–Crippen LogP) is 3.89. The third-order valence-corrected chi connectivity index (χ3v) is 3.28. The van der Waals surface area contributed by atoms with E-state index in [9.17, 15) is 4.39 Å². The lowest BCUT2D eigenvalue weighted by Crippen LogP contribution is -2.39. The molecule has 3 nitrogen and oxygen atoms in total. The highest BCUT2D eigenvalue weighted by molar-refractivity contribution is 7.80. The van der Waals surface area contributed by atoms with Crippen molar-refractivity contribution in [3.63, 3.8) is 0 Å². The fourth-order valence-electron chi connectivity index (χ4n) is 1.90. The van der Waals surface area contributed by atoms with Crippen LogP contribution in [-0.2, 0) is 0 Å². The van der Waals surface area contributed by atoms with Gasteiger partial charge in [0.2, 0.25) is 0 Å². The molecule has 0 radical (unpaired) electrons. The molecular weight excluding hydrogens is 299 g/mol. The van der Waals surface area contributed by atoms with Gasteiger partial charge in [-0.15, -0.1) is 0 Å². The smallest absolute Gasteiger partial charge is 0.171 e. The highest BCUT2D eigenvalue weighted by atomic mass is 32.1. The molecule has 2 aromatic carbocycles. The van der Waals surface area contributed by atoms with E-state index in [4.69, 9.17) is 17.0 Å². The first-order valence-electron chi connectivity index (χ1n) is 7.06. The minimum Gasteiger partial charge on any atom is -0.491 e. The summed E-state index contributed by atoms with van der Waals surface area (Å²) in [4.78, 5) is 0. The van der Waals surface area contributed by atoms with Crippen molar-refractivity contribution < 1.29 is 9.13 Å². The van der Waals surface area contributed by atoms with Gasteiger partial charge in [0.25, 0.3) is 0 Å². The molecule has 0 aliphatic heterocycles. The van der Waals surface area contributed by atoms with Gasteiger partial charge in [-0.1, -0.05) is 18.2 Å². The Morgan fingerprint density at radius 2 is 1.86 bits per heavy atom. The van der Waals surface area contributed by atoms with Gasteiger partial charge in [-0.2, -0.15) is 0 Å². The summed E-state index contributed by atoms with van der Waals surface area (Å²) >= 11 is 5.23. The molecule has 22 heavy (non-hydrogen) atoms. The Kier molecular flexibility index (Phi) is 5.72. The maximum absolute atomic E-state index is 12.8. The fourth-order valence-corrected chi connectivity index (χ4v) is 2.22. The quantitative estimate of drug-likeness (QED) is 0.820. The zero-order chi connectivity index (χ0) is 15.9. The van der Waals surface area contributed by atoms with Gasteiger partial charge in [-0.3, -0.25) is 0 Å². The second kappa shape index (κ2) is 7.75. The summed E-state index contributed by atoms with van der Waals surface area (Å²) in [6, 6.07) is 14.0. The first-order chi connectivity index (χ1) is 10.5. The third kappa shape index (κ3) is 5.00. The molecule has 116 valence electrons. The second-order valence-corrected chi connectivity index (χ2v) is 5.49. The highest BCUT2D eigenvalue weighted by Crippen LogP contribution is 2.16. The van der Waals surface area contributed by atoms with Crippen molar-refractivity contribution in [2.75, 3.05) is 11.9 Å². The molecule has 0 bridgehead atoms. The van der Waals surface area contributed by atoms with E-state index in [0.29, 0.717) is 11.7 Å². The van der Waals surface area contributed by atoms with Crippen LogP contribution in [0.25, 0.3) is 0 Å². The summed E-state index contributed by atoms with van der Waals surface area (Å²) in [6.07, 6.45) is 0. The lowest BCUT2D eigenvalue weighted by Gasteiger charge is -2.18. The lowest BCUT2D eigenvalue weighted by molar-refractivity contribution is 0.285. The number of anilines is 1. The molecule has 0 amide bonds. The molecule has 0 saturated carbocycles. The van der Waals surface area contributed by atoms with Gasteiger partial charge in [0.05, 0.1) is 6.04 Å². The van der Waals surface area contributed by atoms with Crippen molar-refractivity contribution in [3.8, 4) is 5.75 Å². The SMILES string of the molecule is Cc1ccccc1OC[C@@H](C)NC(=S)Nc1ccc(F)cc1. The van der Waals surface area contributed by atoms with Crippen LogP contribution < -0.4 is 15.4 Å². The van der Waals surface area contributed by atoms with Gasteiger partial charge in [-0.05, 0) is 62.0 Å². The summed E-state index contributed by atoms with van der Waals surface area (Å²) in [5.41, 5.74) is 1.84. The number of nitrogens with one attached hydrogen (secondary N) is 2. The van der Waals surface area contributed by atoms with Gasteiger partial charge < -0.3 is 15.4 Å². The zero-order valence-corrected chi connectivity index (χ0v) is 13.4. The number of rotatable bonds is 5. The summed E-state index contributed by atoms with van der Waals surface area (Å²) in [6.45, 7) is 4.49. The van der Waals surface area contributed by atoms with Crippen molar-refractivity contribution in [2.45, 2.75) is 19.9 Å². The molecule has 2 N–H and O–H groups in total. The van der Waals surface area contributed by atoms with E-state index in [-0.39, 0.29) is 11.9 Å². The molecule has 0 fully saturated rings. The molecule has 0 heterocycles. The monoisotopic (exact) mass is 318 g/mol. The topological polar surface area (TPSA) is 33.3 Å². The number of hydrogen-bond donors (Lipinski definition) is 2. The Morgan fingerprint density at radius 1 is 1.18 bits per heavy atom. The molecular formula is C17H19FN2OS. The Labute approximate surface area is 135 Å². The molecule has 0 aromatic heterocycles. The van der Waals surface area contributed by atoms with E-state index in [1.54, 1.807) is 12.1 Å². The molecule has 0 aliphatic carbocycles. The largest absolute Gasteiger partial charge is 0.491 e. The Hall–Kier alpha value is -2.14. The van der Waals surface area contributed by atoms with Gasteiger partial charge in [-0.25, -0.2) is 4.39 Å². The number of halogens is 1. The standard InChI is InChI=1S/C17H19FN2OS/c1-12-5-3-4-6-16(12)21-11-13(2)19-17(22)20-15-9-7-14(18)8-10-15/h3-10,13H,11H2,1-2H3,(H2,19,20,22)/t13-/m1/s1. The highest BCUT2D eigenvalue weighted by Gasteiger charge is 2.06. The molecule has 1 atom stereocenters. The molecule has 2 aromatic rings. The maximum atomic E-state index is 12.8. The van der Waals surface area contributed by atoms with Crippen LogP contribution in [0.4, 0.5) is 10.1 Å². The van der Waals surface area contributed by atoms with E-state index in [1.165, 1.54) is 12.1 Å². The number of thiocarbonyl (C=S) groups is 1. The number of para-hydroxylation sites is 1. The molecule has 0 saturated heterocycles. The van der Waals surface area contributed by atoms with Crippen LogP contribution in [0.1, 0.15) is 12.5 Å². The Balaban J connectivity index is 1.79. The normalized spacial score (nSPS) is 11.6. The van der Waals surface area contributed by atoms with Gasteiger partial charge in [0.15, 0.2) is 5.11 Å². The lowest BCUT2D eigenvalue weighted by atomic mass is 10.2. The maximum Gasteiger partial charge on any atom is 0.171 e.